The van der Waals surface area contributed by atoms with Crippen LogP contribution >= 0.6 is 0 Å². The quantitative estimate of drug-likeness (QED) is 0.750. The number of aromatic carboxylic acids is 1. The molecule has 2 aromatic carbocycles. The maximum absolute atomic E-state index is 11.3. The van der Waals surface area contributed by atoms with E-state index < -0.39 is 5.97 Å². The van der Waals surface area contributed by atoms with E-state index >= 15 is 0 Å². The van der Waals surface area contributed by atoms with Crippen molar-refractivity contribution in [1.82, 2.24) is 9.78 Å². The van der Waals surface area contributed by atoms with Gasteiger partial charge in [0.1, 0.15) is 5.69 Å². The van der Waals surface area contributed by atoms with Crippen LogP contribution in [0.15, 0.2) is 54.7 Å². The van der Waals surface area contributed by atoms with E-state index in [1.807, 2.05) is 31.2 Å². The minimum atomic E-state index is -0.981. The normalized spacial score (nSPS) is 10.5. The van der Waals surface area contributed by atoms with Gasteiger partial charge >= 0.3 is 5.97 Å². The highest BCUT2D eigenvalue weighted by Gasteiger charge is 2.12. The monoisotopic (exact) mass is 306 g/mol. The molecule has 3 rings (SSSR count). The number of aryl methyl sites for hydroxylation is 1. The molecule has 1 aromatic heterocycles. The summed E-state index contributed by atoms with van der Waals surface area (Å²) in [5.41, 5.74) is 3.97. The third-order valence-electron chi connectivity index (χ3n) is 3.57. The van der Waals surface area contributed by atoms with E-state index in [1.165, 1.54) is 12.1 Å². The van der Waals surface area contributed by atoms with Crippen molar-refractivity contribution in [2.75, 3.05) is 0 Å². The maximum atomic E-state index is 11.3. The number of aromatic nitrogens is 2. The molecule has 0 saturated carbocycles. The molecule has 3 aromatic rings. The minimum Gasteiger partial charge on any atom is -0.478 e. The minimum absolute atomic E-state index is 0.204. The zero-order valence-corrected chi connectivity index (χ0v) is 12.4. The standard InChI is InChI=1S/C18H14N2O3/c1-12-2-4-13(5-3-12)17-15(11-21)10-20(19-17)16-8-6-14(7-9-16)18(22)23/h2-11H,1H3,(H,22,23). The Morgan fingerprint density at radius 1 is 1.09 bits per heavy atom. The van der Waals surface area contributed by atoms with Crippen molar-refractivity contribution >= 4 is 12.3 Å². The molecule has 23 heavy (non-hydrogen) atoms. The maximum Gasteiger partial charge on any atom is 0.335 e. The molecule has 0 aliphatic heterocycles. The van der Waals surface area contributed by atoms with E-state index in [1.54, 1.807) is 23.0 Å². The predicted molar refractivity (Wildman–Crippen MR) is 86.1 cm³/mol. The highest BCUT2D eigenvalue weighted by Crippen LogP contribution is 2.23. The summed E-state index contributed by atoms with van der Waals surface area (Å²) < 4.78 is 1.57. The number of carbonyl (C=O) groups is 2. The number of carboxylic acid groups (broad SMARTS) is 1. The van der Waals surface area contributed by atoms with Crippen LogP contribution in [0.1, 0.15) is 26.3 Å². The van der Waals surface area contributed by atoms with Crippen LogP contribution in [0.2, 0.25) is 0 Å². The number of aldehydes is 1. The number of carboxylic acids is 1. The van der Waals surface area contributed by atoms with Crippen LogP contribution in [0.5, 0.6) is 0 Å². The Balaban J connectivity index is 2.03. The first-order valence-electron chi connectivity index (χ1n) is 7.04. The smallest absolute Gasteiger partial charge is 0.335 e. The summed E-state index contributed by atoms with van der Waals surface area (Å²) in [6.07, 6.45) is 2.41. The van der Waals surface area contributed by atoms with Gasteiger partial charge in [0.25, 0.3) is 0 Å². The molecule has 0 aliphatic rings. The van der Waals surface area contributed by atoms with E-state index in [0.717, 1.165) is 17.4 Å². The lowest BCUT2D eigenvalue weighted by atomic mass is 10.1. The highest BCUT2D eigenvalue weighted by molar-refractivity contribution is 5.88. The Hall–Kier alpha value is -3.21. The van der Waals surface area contributed by atoms with Crippen molar-refractivity contribution in [2.45, 2.75) is 6.92 Å². The van der Waals surface area contributed by atoms with Crippen LogP contribution in [0.3, 0.4) is 0 Å². The van der Waals surface area contributed by atoms with E-state index in [-0.39, 0.29) is 5.56 Å². The molecule has 0 aliphatic carbocycles. The Bertz CT molecular complexity index is 862. The average molecular weight is 306 g/mol. The Morgan fingerprint density at radius 2 is 1.74 bits per heavy atom. The first kappa shape index (κ1) is 14.7. The molecule has 0 atom stereocenters. The summed E-state index contributed by atoms with van der Waals surface area (Å²) in [4.78, 5) is 22.2. The van der Waals surface area contributed by atoms with Gasteiger partial charge in [-0.1, -0.05) is 29.8 Å². The van der Waals surface area contributed by atoms with Gasteiger partial charge in [-0.15, -0.1) is 0 Å². The molecule has 114 valence electrons. The van der Waals surface area contributed by atoms with Crippen LogP contribution in [-0.4, -0.2) is 27.1 Å². The Kier molecular flexibility index (Phi) is 3.76. The second kappa shape index (κ2) is 5.88. The molecule has 0 bridgehead atoms. The summed E-state index contributed by atoms with van der Waals surface area (Å²) in [6.45, 7) is 1.99. The number of nitrogens with zero attached hydrogens (tertiary/aromatic N) is 2. The molecule has 0 radical (unpaired) electrons. The summed E-state index contributed by atoms with van der Waals surface area (Å²) in [5.74, 6) is -0.981. The Labute approximate surface area is 132 Å². The summed E-state index contributed by atoms with van der Waals surface area (Å²) in [5, 5.41) is 13.4. The zero-order valence-electron chi connectivity index (χ0n) is 12.4. The second-order valence-electron chi connectivity index (χ2n) is 5.21. The molecule has 0 fully saturated rings. The van der Waals surface area contributed by atoms with Gasteiger partial charge in [0, 0.05) is 11.8 Å². The first-order chi connectivity index (χ1) is 11.1. The number of benzene rings is 2. The lowest BCUT2D eigenvalue weighted by Crippen LogP contribution is -1.98. The van der Waals surface area contributed by atoms with E-state index in [2.05, 4.69) is 5.10 Å². The van der Waals surface area contributed by atoms with Crippen LogP contribution in [0, 0.1) is 6.92 Å². The lowest BCUT2D eigenvalue weighted by Gasteiger charge is -2.02. The van der Waals surface area contributed by atoms with E-state index in [9.17, 15) is 9.59 Å². The molecular weight excluding hydrogens is 292 g/mol. The number of rotatable bonds is 4. The fourth-order valence-electron chi connectivity index (χ4n) is 2.30. The molecule has 1 N–H and O–H groups in total. The van der Waals surface area contributed by atoms with Gasteiger partial charge in [-0.25, -0.2) is 9.48 Å². The second-order valence-corrected chi connectivity index (χ2v) is 5.21. The van der Waals surface area contributed by atoms with Crippen LogP contribution in [0.25, 0.3) is 16.9 Å². The molecule has 0 spiro atoms. The zero-order chi connectivity index (χ0) is 16.4. The highest BCUT2D eigenvalue weighted by atomic mass is 16.4. The third kappa shape index (κ3) is 2.89. The van der Waals surface area contributed by atoms with Crippen molar-refractivity contribution in [2.24, 2.45) is 0 Å². The Morgan fingerprint density at radius 3 is 2.30 bits per heavy atom. The van der Waals surface area contributed by atoms with E-state index in [4.69, 9.17) is 5.11 Å². The molecule has 0 saturated heterocycles. The van der Waals surface area contributed by atoms with Gasteiger partial charge in [-0.05, 0) is 31.2 Å². The largest absolute Gasteiger partial charge is 0.478 e. The molecule has 1 heterocycles. The number of carbonyl (C=O) groups excluding carboxylic acids is 1. The predicted octanol–water partition coefficient (Wildman–Crippen LogP) is 3.36. The number of hydrogen-bond acceptors (Lipinski definition) is 3. The van der Waals surface area contributed by atoms with Gasteiger partial charge in [0.05, 0.1) is 16.8 Å². The van der Waals surface area contributed by atoms with Crippen molar-refractivity contribution in [3.8, 4) is 16.9 Å². The molecule has 0 amide bonds. The van der Waals surface area contributed by atoms with Gasteiger partial charge < -0.3 is 5.11 Å². The van der Waals surface area contributed by atoms with Crippen LogP contribution in [-0.2, 0) is 0 Å². The summed E-state index contributed by atoms with van der Waals surface area (Å²) in [6, 6.07) is 14.1. The summed E-state index contributed by atoms with van der Waals surface area (Å²) >= 11 is 0. The SMILES string of the molecule is Cc1ccc(-c2nn(-c3ccc(C(=O)O)cc3)cc2C=O)cc1. The van der Waals surface area contributed by atoms with Gasteiger partial charge in [0.15, 0.2) is 6.29 Å². The molecule has 5 nitrogen and oxygen atoms in total. The van der Waals surface area contributed by atoms with Crippen LogP contribution in [0.4, 0.5) is 0 Å². The first-order valence-corrected chi connectivity index (χ1v) is 7.04. The average Bonchev–Trinajstić information content (AvgIpc) is 3.00. The fraction of sp³-hybridized carbons (Fsp3) is 0.0556. The summed E-state index contributed by atoms with van der Waals surface area (Å²) in [7, 11) is 0. The molecule has 0 unspecified atom stereocenters. The number of hydrogen-bond donors (Lipinski definition) is 1. The van der Waals surface area contributed by atoms with E-state index in [0.29, 0.717) is 16.9 Å². The topological polar surface area (TPSA) is 72.2 Å². The van der Waals surface area contributed by atoms with Crippen LogP contribution < -0.4 is 0 Å². The van der Waals surface area contributed by atoms with Gasteiger partial charge in [-0.2, -0.15) is 5.10 Å². The van der Waals surface area contributed by atoms with Gasteiger partial charge in [-0.3, -0.25) is 4.79 Å². The fourth-order valence-corrected chi connectivity index (χ4v) is 2.30. The van der Waals surface area contributed by atoms with Crippen molar-refractivity contribution in [1.29, 1.82) is 0 Å². The van der Waals surface area contributed by atoms with Crippen molar-refractivity contribution in [3.63, 3.8) is 0 Å². The van der Waals surface area contributed by atoms with Crippen molar-refractivity contribution < 1.29 is 14.7 Å². The van der Waals surface area contributed by atoms with Crippen molar-refractivity contribution in [3.05, 3.63) is 71.4 Å². The molecular formula is C18H14N2O3. The lowest BCUT2D eigenvalue weighted by molar-refractivity contribution is 0.0696. The molecule has 5 heteroatoms. The van der Waals surface area contributed by atoms with Gasteiger partial charge in [0.2, 0.25) is 0 Å². The third-order valence-corrected chi connectivity index (χ3v) is 3.57.